The molecule has 7 nitrogen and oxygen atoms in total. The van der Waals surface area contributed by atoms with Gasteiger partial charge in [0.15, 0.2) is 0 Å². The number of rotatable bonds is 5. The number of aryl methyl sites for hydroxylation is 1. The normalized spacial score (nSPS) is 11.0. The Labute approximate surface area is 116 Å². The van der Waals surface area contributed by atoms with E-state index < -0.39 is 4.92 Å². The fourth-order valence-electron chi connectivity index (χ4n) is 1.80. The summed E-state index contributed by atoms with van der Waals surface area (Å²) in [7, 11) is 0. The Morgan fingerprint density at radius 3 is 2.80 bits per heavy atom. The van der Waals surface area contributed by atoms with E-state index in [1.165, 1.54) is 6.07 Å². The Balaban J connectivity index is 2.20. The lowest BCUT2D eigenvalue weighted by Gasteiger charge is -2.04. The van der Waals surface area contributed by atoms with Crippen LogP contribution in [0.4, 0.5) is 5.69 Å². The number of hydrogen-bond donors (Lipinski definition) is 1. The molecule has 20 heavy (non-hydrogen) atoms. The topological polar surface area (TPSA) is 85.9 Å². The van der Waals surface area contributed by atoms with Crippen LogP contribution in [0.25, 0.3) is 5.69 Å². The predicted molar refractivity (Wildman–Crippen MR) is 74.7 cm³/mol. The third-order valence-corrected chi connectivity index (χ3v) is 2.87. The molecule has 0 aliphatic carbocycles. The fraction of sp³-hybridized carbons (Fsp3) is 0.385. The van der Waals surface area contributed by atoms with Crippen LogP contribution in [-0.4, -0.2) is 26.0 Å². The summed E-state index contributed by atoms with van der Waals surface area (Å²) in [5, 5.41) is 22.1. The SMILES string of the molecule is Cc1cc(-n2cc(CNC(C)C)nn2)ccc1[N+](=O)[O-]. The molecule has 2 rings (SSSR count). The summed E-state index contributed by atoms with van der Waals surface area (Å²) in [4.78, 5) is 10.4. The van der Waals surface area contributed by atoms with Crippen molar-refractivity contribution in [3.63, 3.8) is 0 Å². The highest BCUT2D eigenvalue weighted by Gasteiger charge is 2.11. The minimum absolute atomic E-state index is 0.107. The molecule has 1 aromatic heterocycles. The third kappa shape index (κ3) is 3.18. The fourth-order valence-corrected chi connectivity index (χ4v) is 1.80. The lowest BCUT2D eigenvalue weighted by Crippen LogP contribution is -2.21. The maximum absolute atomic E-state index is 10.8. The van der Waals surface area contributed by atoms with Crippen LogP contribution in [0, 0.1) is 17.0 Å². The van der Waals surface area contributed by atoms with Crippen molar-refractivity contribution in [1.29, 1.82) is 0 Å². The molecule has 0 bridgehead atoms. The molecule has 1 N–H and O–H groups in total. The summed E-state index contributed by atoms with van der Waals surface area (Å²) in [6.07, 6.45) is 1.82. The Morgan fingerprint density at radius 2 is 2.20 bits per heavy atom. The van der Waals surface area contributed by atoms with Crippen molar-refractivity contribution in [3.05, 3.63) is 45.8 Å². The molecule has 7 heteroatoms. The van der Waals surface area contributed by atoms with E-state index in [-0.39, 0.29) is 5.69 Å². The predicted octanol–water partition coefficient (Wildman–Crippen LogP) is 1.98. The Hall–Kier alpha value is -2.28. The highest BCUT2D eigenvalue weighted by molar-refractivity contribution is 5.47. The van der Waals surface area contributed by atoms with Gasteiger partial charge in [0, 0.05) is 24.2 Å². The molecule has 0 saturated carbocycles. The van der Waals surface area contributed by atoms with Gasteiger partial charge in [-0.3, -0.25) is 10.1 Å². The summed E-state index contributed by atoms with van der Waals surface area (Å²) in [5.41, 5.74) is 2.30. The van der Waals surface area contributed by atoms with Gasteiger partial charge < -0.3 is 5.32 Å². The molecule has 0 aliphatic heterocycles. The Bertz CT molecular complexity index is 621. The average molecular weight is 275 g/mol. The minimum Gasteiger partial charge on any atom is -0.309 e. The van der Waals surface area contributed by atoms with Crippen molar-refractivity contribution in [2.75, 3.05) is 0 Å². The van der Waals surface area contributed by atoms with Gasteiger partial charge in [-0.05, 0) is 19.1 Å². The van der Waals surface area contributed by atoms with Gasteiger partial charge in [0.1, 0.15) is 0 Å². The van der Waals surface area contributed by atoms with Crippen LogP contribution in [0.5, 0.6) is 0 Å². The lowest BCUT2D eigenvalue weighted by molar-refractivity contribution is -0.385. The third-order valence-electron chi connectivity index (χ3n) is 2.87. The Kier molecular flexibility index (Phi) is 4.09. The number of nitrogens with one attached hydrogen (secondary N) is 1. The van der Waals surface area contributed by atoms with Crippen LogP contribution in [0.15, 0.2) is 24.4 Å². The number of nitro benzene ring substituents is 1. The highest BCUT2D eigenvalue weighted by Crippen LogP contribution is 2.20. The van der Waals surface area contributed by atoms with Crippen LogP contribution in [0.3, 0.4) is 0 Å². The van der Waals surface area contributed by atoms with Gasteiger partial charge in [0.25, 0.3) is 5.69 Å². The molecule has 1 aromatic carbocycles. The van der Waals surface area contributed by atoms with Crippen molar-refractivity contribution in [3.8, 4) is 5.69 Å². The van der Waals surface area contributed by atoms with Crippen molar-refractivity contribution in [2.45, 2.75) is 33.4 Å². The average Bonchev–Trinajstić information content (AvgIpc) is 2.84. The molecular formula is C13H17N5O2. The zero-order chi connectivity index (χ0) is 14.7. The summed E-state index contributed by atoms with van der Waals surface area (Å²) in [6, 6.07) is 5.26. The summed E-state index contributed by atoms with van der Waals surface area (Å²) in [5.74, 6) is 0. The van der Waals surface area contributed by atoms with Crippen LogP contribution in [0.2, 0.25) is 0 Å². The van der Waals surface area contributed by atoms with E-state index >= 15 is 0 Å². The van der Waals surface area contributed by atoms with Gasteiger partial charge in [0.2, 0.25) is 0 Å². The van der Waals surface area contributed by atoms with E-state index in [0.29, 0.717) is 18.2 Å². The number of aromatic nitrogens is 3. The van der Waals surface area contributed by atoms with E-state index in [2.05, 4.69) is 29.5 Å². The standard InChI is InChI=1S/C13H17N5O2/c1-9(2)14-7-11-8-17(16-15-11)12-4-5-13(18(19)20)10(3)6-12/h4-6,8-9,14H,7H2,1-3H3. The first kappa shape index (κ1) is 14.1. The van der Waals surface area contributed by atoms with Gasteiger partial charge in [0.05, 0.1) is 22.5 Å². The molecule has 0 radical (unpaired) electrons. The quantitative estimate of drug-likeness (QED) is 0.666. The molecular weight excluding hydrogens is 258 g/mol. The second kappa shape index (κ2) is 5.79. The molecule has 2 aromatic rings. The number of hydrogen-bond acceptors (Lipinski definition) is 5. The van der Waals surface area contributed by atoms with Gasteiger partial charge in [-0.1, -0.05) is 19.1 Å². The Morgan fingerprint density at radius 1 is 1.45 bits per heavy atom. The molecule has 106 valence electrons. The number of nitro groups is 1. The van der Waals surface area contributed by atoms with Crippen LogP contribution < -0.4 is 5.32 Å². The first-order valence-electron chi connectivity index (χ1n) is 6.37. The van der Waals surface area contributed by atoms with Crippen molar-refractivity contribution in [2.24, 2.45) is 0 Å². The second-order valence-electron chi connectivity index (χ2n) is 4.92. The van der Waals surface area contributed by atoms with E-state index in [0.717, 1.165) is 11.4 Å². The second-order valence-corrected chi connectivity index (χ2v) is 4.92. The number of nitrogens with zero attached hydrogens (tertiary/aromatic N) is 4. The zero-order valence-electron chi connectivity index (χ0n) is 11.7. The largest absolute Gasteiger partial charge is 0.309 e. The van der Waals surface area contributed by atoms with Crippen LogP contribution in [-0.2, 0) is 6.54 Å². The van der Waals surface area contributed by atoms with Gasteiger partial charge in [-0.2, -0.15) is 0 Å². The van der Waals surface area contributed by atoms with Crippen LogP contribution >= 0.6 is 0 Å². The molecule has 0 amide bonds. The molecule has 0 unspecified atom stereocenters. The van der Waals surface area contributed by atoms with Crippen molar-refractivity contribution in [1.82, 2.24) is 20.3 Å². The van der Waals surface area contributed by atoms with Crippen molar-refractivity contribution < 1.29 is 4.92 Å². The van der Waals surface area contributed by atoms with E-state index in [9.17, 15) is 10.1 Å². The first-order chi connectivity index (χ1) is 9.47. The van der Waals surface area contributed by atoms with Crippen molar-refractivity contribution >= 4 is 5.69 Å². The first-order valence-corrected chi connectivity index (χ1v) is 6.37. The molecule has 0 spiro atoms. The molecule has 0 aliphatic rings. The van der Waals surface area contributed by atoms with Crippen LogP contribution in [0.1, 0.15) is 25.1 Å². The zero-order valence-corrected chi connectivity index (χ0v) is 11.7. The van der Waals surface area contributed by atoms with Gasteiger partial charge >= 0.3 is 0 Å². The lowest BCUT2D eigenvalue weighted by atomic mass is 10.2. The monoisotopic (exact) mass is 275 g/mol. The molecule has 0 atom stereocenters. The summed E-state index contributed by atoms with van der Waals surface area (Å²) >= 11 is 0. The molecule has 0 fully saturated rings. The highest BCUT2D eigenvalue weighted by atomic mass is 16.6. The van der Waals surface area contributed by atoms with E-state index in [4.69, 9.17) is 0 Å². The van der Waals surface area contributed by atoms with E-state index in [1.54, 1.807) is 23.7 Å². The molecule has 1 heterocycles. The maximum Gasteiger partial charge on any atom is 0.272 e. The summed E-state index contributed by atoms with van der Waals surface area (Å²) in [6.45, 7) is 6.47. The van der Waals surface area contributed by atoms with Gasteiger partial charge in [-0.25, -0.2) is 4.68 Å². The number of benzene rings is 1. The maximum atomic E-state index is 10.8. The van der Waals surface area contributed by atoms with Gasteiger partial charge in [-0.15, -0.1) is 5.10 Å². The summed E-state index contributed by atoms with van der Waals surface area (Å²) < 4.78 is 1.62. The minimum atomic E-state index is -0.390. The van der Waals surface area contributed by atoms with E-state index in [1.807, 2.05) is 6.20 Å². The smallest absolute Gasteiger partial charge is 0.272 e. The molecule has 0 saturated heterocycles.